The molecule has 9 nitrogen and oxygen atoms in total. The van der Waals surface area contributed by atoms with E-state index in [2.05, 4.69) is 20.6 Å². The topological polar surface area (TPSA) is 101 Å². The van der Waals surface area contributed by atoms with E-state index in [1.54, 1.807) is 54.7 Å². The third-order valence-corrected chi connectivity index (χ3v) is 5.61. The maximum Gasteiger partial charge on any atom is 0.293 e. The molecule has 0 saturated heterocycles. The summed E-state index contributed by atoms with van der Waals surface area (Å²) in [5.74, 6) is 0.121. The summed E-state index contributed by atoms with van der Waals surface area (Å²) >= 11 is 6.46. The molecule has 35 heavy (non-hydrogen) atoms. The average Bonchev–Trinajstić information content (AvgIpc) is 2.85. The number of amides is 1. The Balaban J connectivity index is 1.71. The number of nitrogens with zero attached hydrogens (tertiary/aromatic N) is 4. The molecule has 2 aromatic carbocycles. The van der Waals surface area contributed by atoms with E-state index >= 15 is 0 Å². The van der Waals surface area contributed by atoms with Crippen molar-refractivity contribution in [3.63, 3.8) is 0 Å². The number of rotatable bonds is 8. The molecule has 180 valence electrons. The van der Waals surface area contributed by atoms with Crippen LogP contribution in [0.1, 0.15) is 10.4 Å². The highest BCUT2D eigenvalue weighted by atomic mass is 35.5. The van der Waals surface area contributed by atoms with E-state index in [0.717, 1.165) is 11.3 Å². The van der Waals surface area contributed by atoms with Gasteiger partial charge in [-0.2, -0.15) is 4.98 Å². The van der Waals surface area contributed by atoms with Crippen molar-refractivity contribution in [3.05, 3.63) is 81.7 Å². The van der Waals surface area contributed by atoms with Crippen LogP contribution in [0.25, 0.3) is 22.2 Å². The lowest BCUT2D eigenvalue weighted by Crippen LogP contribution is -2.28. The number of carbonyl (C=O) groups excluding carboxylic acids is 1. The largest absolute Gasteiger partial charge is 0.412 e. The number of hydrogen-bond acceptors (Lipinski definition) is 7. The summed E-state index contributed by atoms with van der Waals surface area (Å²) in [5.41, 5.74) is 1.64. The fourth-order valence-corrected chi connectivity index (χ4v) is 3.73. The molecule has 2 heterocycles. The van der Waals surface area contributed by atoms with Gasteiger partial charge in [-0.25, -0.2) is 4.98 Å². The molecule has 10 heteroatoms. The van der Waals surface area contributed by atoms with E-state index in [9.17, 15) is 9.59 Å². The van der Waals surface area contributed by atoms with Gasteiger partial charge in [-0.1, -0.05) is 29.8 Å². The Morgan fingerprint density at radius 1 is 1.11 bits per heavy atom. The van der Waals surface area contributed by atoms with Crippen LogP contribution in [-0.2, 0) is 0 Å². The average molecular weight is 493 g/mol. The van der Waals surface area contributed by atoms with Crippen LogP contribution in [0.5, 0.6) is 0 Å². The zero-order valence-corrected chi connectivity index (χ0v) is 20.3. The normalized spacial score (nSPS) is 11.0. The highest BCUT2D eigenvalue weighted by Crippen LogP contribution is 2.30. The van der Waals surface area contributed by atoms with E-state index < -0.39 is 5.56 Å². The van der Waals surface area contributed by atoms with E-state index in [0.29, 0.717) is 45.4 Å². The summed E-state index contributed by atoms with van der Waals surface area (Å²) in [6.07, 6.45) is 1.62. The molecule has 0 aliphatic rings. The minimum absolute atomic E-state index is 0.269. The lowest BCUT2D eigenvalue weighted by molar-refractivity contribution is 0.102. The van der Waals surface area contributed by atoms with Crippen molar-refractivity contribution in [2.75, 3.05) is 44.9 Å². The quantitative estimate of drug-likeness (QED) is 0.388. The molecule has 4 aromatic rings. The summed E-state index contributed by atoms with van der Waals surface area (Å²) in [5, 5.41) is 6.92. The SMILES string of the molecule is COn1c(=O)c(-c2cc(NC(=O)c3ccccc3)ccc2Cl)cc2cnc(NCCN(C)C)nc21. The second-order valence-electron chi connectivity index (χ2n) is 8.06. The summed E-state index contributed by atoms with van der Waals surface area (Å²) < 4.78 is 1.11. The Morgan fingerprint density at radius 2 is 1.89 bits per heavy atom. The van der Waals surface area contributed by atoms with Gasteiger partial charge in [0.2, 0.25) is 5.95 Å². The van der Waals surface area contributed by atoms with Crippen molar-refractivity contribution in [1.82, 2.24) is 19.6 Å². The first kappa shape index (κ1) is 24.2. The minimum atomic E-state index is -0.439. The van der Waals surface area contributed by atoms with Gasteiger partial charge in [-0.05, 0) is 50.5 Å². The third-order valence-electron chi connectivity index (χ3n) is 5.28. The zero-order chi connectivity index (χ0) is 24.9. The first-order valence-corrected chi connectivity index (χ1v) is 11.3. The maximum atomic E-state index is 13.3. The van der Waals surface area contributed by atoms with Crippen LogP contribution in [0.15, 0.2) is 65.6 Å². The van der Waals surface area contributed by atoms with Crippen LogP contribution < -0.4 is 21.0 Å². The van der Waals surface area contributed by atoms with Crippen molar-refractivity contribution >= 4 is 40.2 Å². The number of halogens is 1. The molecule has 0 aliphatic heterocycles. The summed E-state index contributed by atoms with van der Waals surface area (Å²) in [6, 6.07) is 15.5. The van der Waals surface area contributed by atoms with E-state index in [1.807, 2.05) is 25.1 Å². The van der Waals surface area contributed by atoms with Gasteiger partial charge in [0.15, 0.2) is 5.65 Å². The Labute approximate surface area is 207 Å². The standard InChI is InChI=1S/C25H25ClN6O3/c1-31(2)12-11-27-25-28-15-17-13-20(24(34)32(35-3)22(17)30-25)19-14-18(9-10-21(19)26)29-23(33)16-7-5-4-6-8-16/h4-10,13-15H,11-12H2,1-3H3,(H,29,33)(H,27,28,30). The van der Waals surface area contributed by atoms with Gasteiger partial charge in [0, 0.05) is 46.5 Å². The Kier molecular flexibility index (Phi) is 7.28. The molecule has 0 radical (unpaired) electrons. The fraction of sp³-hybridized carbons (Fsp3) is 0.200. The van der Waals surface area contributed by atoms with Gasteiger partial charge in [0.25, 0.3) is 11.5 Å². The molecule has 0 bridgehead atoms. The van der Waals surface area contributed by atoms with Crippen molar-refractivity contribution in [3.8, 4) is 11.1 Å². The predicted octanol–water partition coefficient (Wildman–Crippen LogP) is 3.40. The number of hydrogen-bond donors (Lipinski definition) is 2. The van der Waals surface area contributed by atoms with Crippen LogP contribution in [-0.4, -0.2) is 59.8 Å². The van der Waals surface area contributed by atoms with Crippen LogP contribution in [0.2, 0.25) is 5.02 Å². The number of benzene rings is 2. The number of carbonyl (C=O) groups is 1. The van der Waals surface area contributed by atoms with Crippen LogP contribution >= 0.6 is 11.6 Å². The van der Waals surface area contributed by atoms with E-state index in [1.165, 1.54) is 7.11 Å². The molecule has 0 spiro atoms. The second-order valence-corrected chi connectivity index (χ2v) is 8.46. The molecule has 0 fully saturated rings. The molecular formula is C25H25ClN6O3. The molecule has 2 N–H and O–H groups in total. The van der Waals surface area contributed by atoms with Gasteiger partial charge in [-0.15, -0.1) is 4.73 Å². The highest BCUT2D eigenvalue weighted by Gasteiger charge is 2.17. The van der Waals surface area contributed by atoms with E-state index in [-0.39, 0.29) is 11.5 Å². The number of pyridine rings is 1. The molecule has 0 unspecified atom stereocenters. The van der Waals surface area contributed by atoms with E-state index in [4.69, 9.17) is 16.4 Å². The van der Waals surface area contributed by atoms with Gasteiger partial charge < -0.3 is 20.4 Å². The van der Waals surface area contributed by atoms with Crippen molar-refractivity contribution in [2.45, 2.75) is 0 Å². The number of likely N-dealkylation sites (N-methyl/N-ethyl adjacent to an activating group) is 1. The maximum absolute atomic E-state index is 13.3. The summed E-state index contributed by atoms with van der Waals surface area (Å²) in [7, 11) is 5.34. The minimum Gasteiger partial charge on any atom is -0.412 e. The monoisotopic (exact) mass is 492 g/mol. The molecule has 0 saturated carbocycles. The number of fused-ring (bicyclic) bond motifs is 1. The Morgan fingerprint density at radius 3 is 2.60 bits per heavy atom. The second kappa shape index (κ2) is 10.5. The number of nitrogens with one attached hydrogen (secondary N) is 2. The summed E-state index contributed by atoms with van der Waals surface area (Å²) in [4.78, 5) is 42.1. The first-order chi connectivity index (χ1) is 16.9. The predicted molar refractivity (Wildman–Crippen MR) is 138 cm³/mol. The number of anilines is 2. The molecule has 0 aliphatic carbocycles. The first-order valence-electron chi connectivity index (χ1n) is 10.9. The lowest BCUT2D eigenvalue weighted by Gasteiger charge is -2.14. The molecular weight excluding hydrogens is 468 g/mol. The van der Waals surface area contributed by atoms with Crippen LogP contribution in [0.4, 0.5) is 11.6 Å². The molecule has 1 amide bonds. The molecule has 2 aromatic heterocycles. The third kappa shape index (κ3) is 5.42. The Bertz CT molecular complexity index is 1420. The smallest absolute Gasteiger partial charge is 0.293 e. The van der Waals surface area contributed by atoms with Crippen LogP contribution in [0.3, 0.4) is 0 Å². The fourth-order valence-electron chi connectivity index (χ4n) is 3.51. The van der Waals surface area contributed by atoms with Gasteiger partial charge in [-0.3, -0.25) is 9.59 Å². The van der Waals surface area contributed by atoms with Crippen molar-refractivity contribution < 1.29 is 9.63 Å². The van der Waals surface area contributed by atoms with Crippen molar-refractivity contribution in [1.29, 1.82) is 0 Å². The van der Waals surface area contributed by atoms with Gasteiger partial charge >= 0.3 is 0 Å². The van der Waals surface area contributed by atoms with Gasteiger partial charge in [0.1, 0.15) is 7.11 Å². The lowest BCUT2D eigenvalue weighted by atomic mass is 10.1. The number of aromatic nitrogens is 3. The Hall–Kier alpha value is -3.95. The highest BCUT2D eigenvalue weighted by molar-refractivity contribution is 6.33. The summed E-state index contributed by atoms with van der Waals surface area (Å²) in [6.45, 7) is 1.44. The molecule has 4 rings (SSSR count). The zero-order valence-electron chi connectivity index (χ0n) is 19.6. The van der Waals surface area contributed by atoms with Gasteiger partial charge in [0.05, 0.1) is 5.56 Å². The molecule has 0 atom stereocenters. The van der Waals surface area contributed by atoms with Crippen molar-refractivity contribution in [2.24, 2.45) is 0 Å². The van der Waals surface area contributed by atoms with Crippen LogP contribution in [0, 0.1) is 0 Å².